The van der Waals surface area contributed by atoms with Crippen molar-refractivity contribution in [3.05, 3.63) is 72.9 Å². The van der Waals surface area contributed by atoms with Crippen molar-refractivity contribution < 1.29 is 37.3 Å². The predicted molar refractivity (Wildman–Crippen MR) is 312 cm³/mol. The predicted octanol–water partition coefficient (Wildman–Crippen LogP) is 17.8. The van der Waals surface area contributed by atoms with Gasteiger partial charge in [-0.1, -0.05) is 222 Å². The maximum Gasteiger partial charge on any atom is 0.306 e. The summed E-state index contributed by atoms with van der Waals surface area (Å²) in [5, 5.41) is 3.01. The lowest BCUT2D eigenvalue weighted by atomic mass is 10.0. The molecule has 0 bridgehead atoms. The van der Waals surface area contributed by atoms with Crippen LogP contribution in [0.1, 0.15) is 265 Å². The highest BCUT2D eigenvalue weighted by molar-refractivity contribution is 7.45. The van der Waals surface area contributed by atoms with Gasteiger partial charge in [-0.05, 0) is 102 Å². The first-order chi connectivity index (χ1) is 35.4. The number of carbonyl (C=O) groups excluding carboxylic acids is 2. The summed E-state index contributed by atoms with van der Waals surface area (Å²) in [7, 11) is 1.16. The van der Waals surface area contributed by atoms with Crippen LogP contribution in [0.5, 0.6) is 0 Å². The van der Waals surface area contributed by atoms with E-state index in [9.17, 15) is 19.0 Å². The number of quaternary nitrogens is 1. The lowest BCUT2D eigenvalue weighted by molar-refractivity contribution is -0.870. The van der Waals surface area contributed by atoms with E-state index in [4.69, 9.17) is 13.8 Å². The van der Waals surface area contributed by atoms with Gasteiger partial charge in [-0.3, -0.25) is 14.2 Å². The minimum absolute atomic E-state index is 0.0307. The smallest absolute Gasteiger partial charge is 0.306 e. The maximum atomic E-state index is 13.5. The number of nitrogens with one attached hydrogen (secondary N) is 1. The average Bonchev–Trinajstić information content (AvgIpc) is 3.35. The van der Waals surface area contributed by atoms with Gasteiger partial charge in [0.15, 0.2) is 0 Å². The molecule has 0 fully saturated rings. The van der Waals surface area contributed by atoms with E-state index in [0.29, 0.717) is 30.3 Å². The fraction of sp³-hybridized carbons (Fsp3) is 0.778. The Hall–Kier alpha value is -2.55. The Labute approximate surface area is 451 Å². The summed E-state index contributed by atoms with van der Waals surface area (Å²) >= 11 is 0. The zero-order chi connectivity index (χ0) is 53.6. The largest absolute Gasteiger partial charge is 0.756 e. The van der Waals surface area contributed by atoms with Crippen LogP contribution < -0.4 is 10.2 Å². The van der Waals surface area contributed by atoms with Crippen LogP contribution in [0.4, 0.5) is 0 Å². The van der Waals surface area contributed by atoms with Crippen LogP contribution >= 0.6 is 7.82 Å². The highest BCUT2D eigenvalue weighted by Gasteiger charge is 2.27. The van der Waals surface area contributed by atoms with Gasteiger partial charge in [0, 0.05) is 12.8 Å². The highest BCUT2D eigenvalue weighted by Crippen LogP contribution is 2.38. The van der Waals surface area contributed by atoms with E-state index in [1.54, 1.807) is 0 Å². The third-order valence-electron chi connectivity index (χ3n) is 13.1. The minimum atomic E-state index is -4.71. The van der Waals surface area contributed by atoms with Crippen molar-refractivity contribution in [2.24, 2.45) is 0 Å². The second-order valence-electron chi connectivity index (χ2n) is 21.5. The number of esters is 1. The molecular formula is C63H115N2O7P. The third-order valence-corrected chi connectivity index (χ3v) is 14.1. The van der Waals surface area contributed by atoms with E-state index < -0.39 is 26.6 Å². The second-order valence-corrected chi connectivity index (χ2v) is 22.9. The van der Waals surface area contributed by atoms with Gasteiger partial charge < -0.3 is 28.5 Å². The Balaban J connectivity index is 5.33. The number of hydrogen-bond donors (Lipinski definition) is 1. The molecule has 0 aromatic carbocycles. The second kappa shape index (κ2) is 52.9. The summed E-state index contributed by atoms with van der Waals surface area (Å²) in [4.78, 5) is 39.9. The monoisotopic (exact) mass is 1040 g/mol. The number of rotatable bonds is 54. The molecule has 0 heterocycles. The number of phosphoric acid groups is 1. The molecule has 3 unspecified atom stereocenters. The van der Waals surface area contributed by atoms with Gasteiger partial charge in [-0.15, -0.1) is 0 Å². The fourth-order valence-corrected chi connectivity index (χ4v) is 9.10. The number of allylic oxidation sites excluding steroid dienone is 11. The summed E-state index contributed by atoms with van der Waals surface area (Å²) in [6.45, 7) is 6.78. The van der Waals surface area contributed by atoms with Crippen LogP contribution in [0, 0.1) is 0 Å². The Morgan fingerprint density at radius 2 is 0.836 bits per heavy atom. The van der Waals surface area contributed by atoms with E-state index in [2.05, 4.69) is 86.8 Å². The zero-order valence-corrected chi connectivity index (χ0v) is 49.2. The zero-order valence-electron chi connectivity index (χ0n) is 48.3. The lowest BCUT2D eigenvalue weighted by Crippen LogP contribution is -2.47. The fourth-order valence-electron chi connectivity index (χ4n) is 8.38. The molecule has 424 valence electrons. The summed E-state index contributed by atoms with van der Waals surface area (Å²) in [6.07, 6.45) is 67.2. The van der Waals surface area contributed by atoms with Crippen molar-refractivity contribution in [1.82, 2.24) is 5.32 Å². The highest BCUT2D eigenvalue weighted by atomic mass is 31.2. The lowest BCUT2D eigenvalue weighted by Gasteiger charge is -2.30. The first-order valence-electron chi connectivity index (χ1n) is 30.2. The number of unbranched alkanes of at least 4 members (excludes halogenated alkanes) is 28. The van der Waals surface area contributed by atoms with Gasteiger partial charge in [0.1, 0.15) is 19.3 Å². The van der Waals surface area contributed by atoms with E-state index in [1.165, 1.54) is 122 Å². The van der Waals surface area contributed by atoms with Crippen LogP contribution in [0.3, 0.4) is 0 Å². The molecule has 0 aromatic rings. The van der Waals surface area contributed by atoms with Gasteiger partial charge in [-0.25, -0.2) is 0 Å². The Kier molecular flexibility index (Phi) is 51.0. The van der Waals surface area contributed by atoms with Crippen LogP contribution in [-0.4, -0.2) is 69.4 Å². The van der Waals surface area contributed by atoms with Crippen molar-refractivity contribution in [3.63, 3.8) is 0 Å². The molecule has 10 heteroatoms. The molecule has 0 aromatic heterocycles. The van der Waals surface area contributed by atoms with E-state index in [-0.39, 0.29) is 24.9 Å². The quantitative estimate of drug-likeness (QED) is 0.0212. The number of carbonyl (C=O) groups is 2. The molecule has 3 atom stereocenters. The summed E-state index contributed by atoms with van der Waals surface area (Å²) in [6, 6.07) is -0.906. The molecule has 1 N–H and O–H groups in total. The molecule has 0 aliphatic heterocycles. The SMILES string of the molecule is CCCCC/C=C\C/C=C\C/C=C\C/C=C\CCCCCCCC(=O)NC(COP(=O)([O-])OCC[N+](C)(C)C)C(/C=C\CCCCCCCCCCCC)OC(=O)CCCCC/C=C\CCCCCCCCC. The number of likely N-dealkylation sites (N-methyl/N-ethyl adjacent to an activating group) is 1. The standard InChI is InChI=1S/C63H115N2O7P/c1-7-10-13-16-19-22-25-28-30-31-32-33-34-35-36-37-40-43-46-49-52-55-62(66)64-60(59-71-73(68,69)70-58-57-65(4,5)6)61(54-51-48-45-42-39-27-24-21-18-15-12-9-3)72-63(67)56-53-50-47-44-41-38-29-26-23-20-17-14-11-8-2/h19,22,28,30,32-33,35-36,38,41,51,54,60-61H,7-18,20-21,23-27,29,31,34,37,39-40,42-50,52-53,55-59H2,1-6H3,(H-,64,66,68,69)/b22-19-,30-28-,33-32-,36-35-,41-38-,54-51-. The Bertz CT molecular complexity index is 1480. The van der Waals surface area contributed by atoms with Crippen molar-refractivity contribution in [2.45, 2.75) is 277 Å². The first kappa shape index (κ1) is 70.5. The Morgan fingerprint density at radius 3 is 1.30 bits per heavy atom. The molecule has 0 radical (unpaired) electrons. The van der Waals surface area contributed by atoms with Crippen molar-refractivity contribution in [3.8, 4) is 0 Å². The topological polar surface area (TPSA) is 114 Å². The van der Waals surface area contributed by atoms with Gasteiger partial charge in [0.25, 0.3) is 7.82 Å². The van der Waals surface area contributed by atoms with Crippen LogP contribution in [0.15, 0.2) is 72.9 Å². The third kappa shape index (κ3) is 54.1. The molecule has 1 amide bonds. The van der Waals surface area contributed by atoms with Gasteiger partial charge in [-0.2, -0.15) is 0 Å². The number of amides is 1. The molecule has 73 heavy (non-hydrogen) atoms. The molecule has 0 aliphatic rings. The van der Waals surface area contributed by atoms with E-state index >= 15 is 0 Å². The van der Waals surface area contributed by atoms with Gasteiger partial charge in [0.2, 0.25) is 5.91 Å². The van der Waals surface area contributed by atoms with Crippen LogP contribution in [0.2, 0.25) is 0 Å². The molecule has 0 aliphatic carbocycles. The maximum absolute atomic E-state index is 13.5. The number of phosphoric ester groups is 1. The van der Waals surface area contributed by atoms with Gasteiger partial charge in [0.05, 0.1) is 33.8 Å². The minimum Gasteiger partial charge on any atom is -0.756 e. The number of hydrogen-bond acceptors (Lipinski definition) is 7. The van der Waals surface area contributed by atoms with Gasteiger partial charge >= 0.3 is 5.97 Å². The summed E-state index contributed by atoms with van der Waals surface area (Å²) in [5.41, 5.74) is 0. The molecule has 0 saturated heterocycles. The van der Waals surface area contributed by atoms with E-state index in [0.717, 1.165) is 96.3 Å². The Morgan fingerprint density at radius 1 is 0.479 bits per heavy atom. The van der Waals surface area contributed by atoms with Crippen molar-refractivity contribution in [1.29, 1.82) is 0 Å². The van der Waals surface area contributed by atoms with Crippen molar-refractivity contribution in [2.75, 3.05) is 40.9 Å². The first-order valence-corrected chi connectivity index (χ1v) is 31.7. The molecule has 0 saturated carbocycles. The molecule has 9 nitrogen and oxygen atoms in total. The number of nitrogens with zero attached hydrogens (tertiary/aromatic N) is 1. The summed E-state index contributed by atoms with van der Waals surface area (Å²) < 4.78 is 30.2. The van der Waals surface area contributed by atoms with E-state index in [1.807, 2.05) is 33.3 Å². The average molecular weight is 1040 g/mol. The molecular weight excluding hydrogens is 928 g/mol. The van der Waals surface area contributed by atoms with Crippen LogP contribution in [0.25, 0.3) is 0 Å². The van der Waals surface area contributed by atoms with Crippen LogP contribution in [-0.2, 0) is 27.9 Å². The normalized spacial score (nSPS) is 14.2. The summed E-state index contributed by atoms with van der Waals surface area (Å²) in [5.74, 6) is -0.580. The molecule has 0 spiro atoms. The number of ether oxygens (including phenoxy) is 1. The molecule has 0 rings (SSSR count). The van der Waals surface area contributed by atoms with Crippen molar-refractivity contribution >= 4 is 19.7 Å².